The monoisotopic (exact) mass is 478 g/mol. The van der Waals surface area contributed by atoms with E-state index in [2.05, 4.69) is 20.6 Å². The molecule has 0 aliphatic carbocycles. The van der Waals surface area contributed by atoms with Crippen molar-refractivity contribution in [1.82, 2.24) is 24.5 Å². The van der Waals surface area contributed by atoms with E-state index in [4.69, 9.17) is 21.1 Å². The summed E-state index contributed by atoms with van der Waals surface area (Å²) in [4.78, 5) is 12.5. The van der Waals surface area contributed by atoms with Crippen LogP contribution >= 0.6 is 23.4 Å². The molecule has 11 heteroatoms. The van der Waals surface area contributed by atoms with Crippen LogP contribution in [0.1, 0.15) is 19.4 Å². The van der Waals surface area contributed by atoms with Crippen molar-refractivity contribution in [1.29, 1.82) is 0 Å². The van der Waals surface area contributed by atoms with Gasteiger partial charge in [0.15, 0.2) is 11.0 Å². The SMILES string of the molecule is CCOc1nn(CC)cc1-c1nnc(SCC(=O)Nc2ccc(C)c(Cl)c2)n1CCOC. The van der Waals surface area contributed by atoms with E-state index in [1.54, 1.807) is 17.9 Å². The zero-order valence-electron chi connectivity index (χ0n) is 18.6. The quantitative estimate of drug-likeness (QED) is 0.417. The molecule has 0 spiro atoms. The Balaban J connectivity index is 1.78. The highest BCUT2D eigenvalue weighted by atomic mass is 35.5. The lowest BCUT2D eigenvalue weighted by Crippen LogP contribution is -2.15. The number of aryl methyl sites for hydroxylation is 2. The molecular formula is C21H27ClN6O3S. The van der Waals surface area contributed by atoms with Crippen LogP contribution in [-0.2, 0) is 22.6 Å². The van der Waals surface area contributed by atoms with Gasteiger partial charge in [-0.1, -0.05) is 29.4 Å². The maximum Gasteiger partial charge on any atom is 0.243 e. The van der Waals surface area contributed by atoms with E-state index in [0.717, 1.165) is 11.1 Å². The van der Waals surface area contributed by atoms with Crippen LogP contribution in [-0.4, -0.2) is 56.5 Å². The van der Waals surface area contributed by atoms with E-state index in [1.807, 2.05) is 43.7 Å². The smallest absolute Gasteiger partial charge is 0.243 e. The highest BCUT2D eigenvalue weighted by Crippen LogP contribution is 2.30. The normalized spacial score (nSPS) is 11.0. The molecule has 0 saturated carbocycles. The Morgan fingerprint density at radius 3 is 2.78 bits per heavy atom. The van der Waals surface area contributed by atoms with Gasteiger partial charge in [0.05, 0.1) is 25.5 Å². The minimum absolute atomic E-state index is 0.161. The van der Waals surface area contributed by atoms with Crippen LogP contribution in [0.25, 0.3) is 11.4 Å². The predicted octanol–water partition coefficient (Wildman–Crippen LogP) is 3.90. The largest absolute Gasteiger partial charge is 0.476 e. The minimum atomic E-state index is -0.161. The standard InChI is InChI=1S/C21H27ClN6O3S/c1-5-27-12-16(20(26-27)31-6-2)19-24-25-21(28(19)9-10-30-4)32-13-18(29)23-15-8-7-14(3)17(22)11-15/h7-8,11-12H,5-6,9-10,13H2,1-4H3,(H,23,29). The van der Waals surface area contributed by atoms with Crippen LogP contribution in [0.5, 0.6) is 5.88 Å². The second kappa shape index (κ2) is 11.3. The third kappa shape index (κ3) is 5.81. The van der Waals surface area contributed by atoms with Crippen molar-refractivity contribution in [3.05, 3.63) is 35.0 Å². The summed E-state index contributed by atoms with van der Waals surface area (Å²) < 4.78 is 14.7. The molecule has 2 aromatic heterocycles. The molecule has 0 radical (unpaired) electrons. The Labute approximate surface area is 196 Å². The molecule has 0 atom stereocenters. The lowest BCUT2D eigenvalue weighted by Gasteiger charge is -2.10. The Morgan fingerprint density at radius 1 is 1.28 bits per heavy atom. The first-order chi connectivity index (χ1) is 15.5. The fraction of sp³-hybridized carbons (Fsp3) is 0.429. The minimum Gasteiger partial charge on any atom is -0.476 e. The van der Waals surface area contributed by atoms with Gasteiger partial charge < -0.3 is 14.8 Å². The molecule has 0 unspecified atom stereocenters. The van der Waals surface area contributed by atoms with Crippen molar-refractivity contribution in [2.45, 2.75) is 39.0 Å². The molecule has 2 heterocycles. The number of hydrogen-bond acceptors (Lipinski definition) is 7. The number of ether oxygens (including phenoxy) is 2. The average Bonchev–Trinajstić information content (AvgIpc) is 3.37. The fourth-order valence-corrected chi connectivity index (χ4v) is 3.88. The molecule has 172 valence electrons. The second-order valence-corrected chi connectivity index (χ2v) is 8.24. The molecule has 1 N–H and O–H groups in total. The zero-order chi connectivity index (χ0) is 23.1. The first kappa shape index (κ1) is 24.1. The van der Waals surface area contributed by atoms with Gasteiger partial charge in [-0.05, 0) is 38.5 Å². The molecule has 32 heavy (non-hydrogen) atoms. The number of thioether (sulfide) groups is 1. The molecule has 3 aromatic rings. The van der Waals surface area contributed by atoms with Gasteiger partial charge in [-0.15, -0.1) is 15.3 Å². The number of amides is 1. The van der Waals surface area contributed by atoms with Crippen molar-refractivity contribution in [3.8, 4) is 17.3 Å². The highest BCUT2D eigenvalue weighted by Gasteiger charge is 2.21. The van der Waals surface area contributed by atoms with Crippen molar-refractivity contribution in [2.24, 2.45) is 0 Å². The number of nitrogens with one attached hydrogen (secondary N) is 1. The summed E-state index contributed by atoms with van der Waals surface area (Å²) in [6, 6.07) is 5.42. The Bertz CT molecular complexity index is 1070. The number of carbonyl (C=O) groups is 1. The van der Waals surface area contributed by atoms with Crippen LogP contribution in [0.15, 0.2) is 29.6 Å². The van der Waals surface area contributed by atoms with Gasteiger partial charge in [-0.3, -0.25) is 14.0 Å². The summed E-state index contributed by atoms with van der Waals surface area (Å²) in [5.41, 5.74) is 2.36. The van der Waals surface area contributed by atoms with Gasteiger partial charge in [0.2, 0.25) is 11.8 Å². The van der Waals surface area contributed by atoms with Crippen LogP contribution in [0.3, 0.4) is 0 Å². The summed E-state index contributed by atoms with van der Waals surface area (Å²) in [6.45, 7) is 8.02. The van der Waals surface area contributed by atoms with Crippen LogP contribution in [0.4, 0.5) is 5.69 Å². The van der Waals surface area contributed by atoms with Crippen LogP contribution in [0, 0.1) is 6.92 Å². The summed E-state index contributed by atoms with van der Waals surface area (Å²) in [7, 11) is 1.64. The molecule has 0 fully saturated rings. The molecule has 1 amide bonds. The first-order valence-corrected chi connectivity index (χ1v) is 11.6. The number of carbonyl (C=O) groups excluding carboxylic acids is 1. The number of anilines is 1. The molecular weight excluding hydrogens is 452 g/mol. The first-order valence-electron chi connectivity index (χ1n) is 10.3. The Morgan fingerprint density at radius 2 is 2.09 bits per heavy atom. The van der Waals surface area contributed by atoms with Gasteiger partial charge >= 0.3 is 0 Å². The number of nitrogens with zero attached hydrogens (tertiary/aromatic N) is 5. The Kier molecular flexibility index (Phi) is 8.54. The van der Waals surface area contributed by atoms with E-state index in [0.29, 0.717) is 53.9 Å². The summed E-state index contributed by atoms with van der Waals surface area (Å²) in [6.07, 6.45) is 1.89. The molecule has 1 aromatic carbocycles. The Hall–Kier alpha value is -2.56. The van der Waals surface area contributed by atoms with E-state index >= 15 is 0 Å². The highest BCUT2D eigenvalue weighted by molar-refractivity contribution is 7.99. The van der Waals surface area contributed by atoms with E-state index in [-0.39, 0.29) is 11.7 Å². The molecule has 3 rings (SSSR count). The van der Waals surface area contributed by atoms with E-state index < -0.39 is 0 Å². The maximum atomic E-state index is 12.5. The number of rotatable bonds is 11. The number of halogens is 1. The van der Waals surface area contributed by atoms with Gasteiger partial charge in [0.25, 0.3) is 0 Å². The lowest BCUT2D eigenvalue weighted by molar-refractivity contribution is -0.113. The molecule has 0 saturated heterocycles. The number of benzene rings is 1. The third-order valence-electron chi connectivity index (χ3n) is 4.60. The van der Waals surface area contributed by atoms with Gasteiger partial charge in [0, 0.05) is 30.6 Å². The topological polar surface area (TPSA) is 96.1 Å². The number of aromatic nitrogens is 5. The van der Waals surface area contributed by atoms with E-state index in [1.165, 1.54) is 11.8 Å². The van der Waals surface area contributed by atoms with Crippen LogP contribution < -0.4 is 10.1 Å². The van der Waals surface area contributed by atoms with Crippen molar-refractivity contribution >= 4 is 35.0 Å². The van der Waals surface area contributed by atoms with E-state index in [9.17, 15) is 4.79 Å². The van der Waals surface area contributed by atoms with Crippen LogP contribution in [0.2, 0.25) is 5.02 Å². The van der Waals surface area contributed by atoms with Crippen molar-refractivity contribution in [2.75, 3.05) is 31.4 Å². The van der Waals surface area contributed by atoms with Crippen molar-refractivity contribution in [3.63, 3.8) is 0 Å². The van der Waals surface area contributed by atoms with Crippen molar-refractivity contribution < 1.29 is 14.3 Å². The fourth-order valence-electron chi connectivity index (χ4n) is 2.94. The molecule has 0 bridgehead atoms. The molecule has 9 nitrogen and oxygen atoms in total. The second-order valence-electron chi connectivity index (χ2n) is 6.89. The number of hydrogen-bond donors (Lipinski definition) is 1. The molecule has 0 aliphatic heterocycles. The average molecular weight is 479 g/mol. The maximum absolute atomic E-state index is 12.5. The van der Waals surface area contributed by atoms with Gasteiger partial charge in [-0.2, -0.15) is 0 Å². The third-order valence-corrected chi connectivity index (χ3v) is 5.97. The number of methoxy groups -OCH3 is 1. The summed E-state index contributed by atoms with van der Waals surface area (Å²) in [5.74, 6) is 1.14. The summed E-state index contributed by atoms with van der Waals surface area (Å²) >= 11 is 7.44. The molecule has 0 aliphatic rings. The zero-order valence-corrected chi connectivity index (χ0v) is 20.2. The summed E-state index contributed by atoms with van der Waals surface area (Å²) in [5, 5.41) is 17.2. The van der Waals surface area contributed by atoms with Gasteiger partial charge in [0.1, 0.15) is 5.56 Å². The lowest BCUT2D eigenvalue weighted by atomic mass is 10.2. The van der Waals surface area contributed by atoms with Gasteiger partial charge in [-0.25, -0.2) is 0 Å². The predicted molar refractivity (Wildman–Crippen MR) is 126 cm³/mol.